The van der Waals surface area contributed by atoms with E-state index in [0.29, 0.717) is 24.4 Å². The number of thiol groups is 1. The predicted molar refractivity (Wildman–Crippen MR) is 84.5 cm³/mol. The van der Waals surface area contributed by atoms with E-state index in [-0.39, 0.29) is 6.04 Å². The molecule has 2 aromatic rings. The van der Waals surface area contributed by atoms with Gasteiger partial charge in [0.05, 0.1) is 17.3 Å². The zero-order valence-electron chi connectivity index (χ0n) is 12.2. The molecule has 1 fully saturated rings. The number of nitrogens with zero attached hydrogens (tertiary/aromatic N) is 3. The zero-order valence-corrected chi connectivity index (χ0v) is 13.1. The molecule has 0 unspecified atom stereocenters. The fourth-order valence-electron chi connectivity index (χ4n) is 2.55. The van der Waals surface area contributed by atoms with Gasteiger partial charge in [0, 0.05) is 19.1 Å². The van der Waals surface area contributed by atoms with Gasteiger partial charge >= 0.3 is 6.18 Å². The molecule has 0 saturated carbocycles. The topological polar surface area (TPSA) is 46.6 Å². The highest BCUT2D eigenvalue weighted by molar-refractivity contribution is 7.79. The summed E-state index contributed by atoms with van der Waals surface area (Å²) in [5, 5.41) is 0. The number of pyridine rings is 1. The molecule has 1 aliphatic heterocycles. The first-order chi connectivity index (χ1) is 10.4. The average Bonchev–Trinajstić information content (AvgIpc) is 2.97. The zero-order chi connectivity index (χ0) is 16.3. The van der Waals surface area contributed by atoms with Crippen molar-refractivity contribution in [3.05, 3.63) is 30.2 Å². The predicted octanol–water partition coefficient (Wildman–Crippen LogP) is 2.83. The number of hydrogen-bond acceptors (Lipinski definition) is 4. The van der Waals surface area contributed by atoms with Crippen molar-refractivity contribution < 1.29 is 13.2 Å². The third-order valence-corrected chi connectivity index (χ3v) is 3.69. The molecule has 1 aliphatic rings. The van der Waals surface area contributed by atoms with Crippen LogP contribution in [0.1, 0.15) is 18.4 Å². The van der Waals surface area contributed by atoms with Gasteiger partial charge in [0.1, 0.15) is 12.1 Å². The molecule has 22 heavy (non-hydrogen) atoms. The molecule has 0 atom stereocenters. The van der Waals surface area contributed by atoms with Crippen LogP contribution in [0.5, 0.6) is 0 Å². The largest absolute Gasteiger partial charge is 0.416 e. The van der Waals surface area contributed by atoms with Crippen molar-refractivity contribution in [1.82, 2.24) is 9.38 Å². The summed E-state index contributed by atoms with van der Waals surface area (Å²) in [6.07, 6.45) is 1.89. The molecule has 0 aliphatic carbocycles. The molecule has 4 nitrogen and oxygen atoms in total. The van der Waals surface area contributed by atoms with Crippen molar-refractivity contribution in [2.24, 2.45) is 5.73 Å². The Morgan fingerprint density at radius 1 is 1.23 bits per heavy atom. The van der Waals surface area contributed by atoms with Crippen LogP contribution in [0.25, 0.3) is 5.52 Å². The molecule has 1 saturated heterocycles. The van der Waals surface area contributed by atoms with E-state index in [1.165, 1.54) is 12.3 Å². The minimum atomic E-state index is -4.35. The van der Waals surface area contributed by atoms with E-state index in [1.54, 1.807) is 17.0 Å². The fraction of sp³-hybridized carbons (Fsp3) is 0.500. The van der Waals surface area contributed by atoms with E-state index in [9.17, 15) is 13.2 Å². The smallest absolute Gasteiger partial charge is 0.358 e. The highest BCUT2D eigenvalue weighted by Crippen LogP contribution is 2.33. The Kier molecular flexibility index (Phi) is 5.23. The highest BCUT2D eigenvalue weighted by atomic mass is 32.1. The normalized spacial score (nSPS) is 16.5. The molecule has 2 N–H and O–H groups in total. The van der Waals surface area contributed by atoms with Gasteiger partial charge in [-0.25, -0.2) is 4.98 Å². The molecule has 122 valence electrons. The lowest BCUT2D eigenvalue weighted by Crippen LogP contribution is -2.40. The van der Waals surface area contributed by atoms with E-state index in [4.69, 9.17) is 5.73 Å². The summed E-state index contributed by atoms with van der Waals surface area (Å²) in [6.45, 7) is 1.32. The van der Waals surface area contributed by atoms with Gasteiger partial charge < -0.3 is 10.6 Å². The quantitative estimate of drug-likeness (QED) is 0.790. The second kappa shape index (κ2) is 6.78. The minimum Gasteiger partial charge on any atom is -0.358 e. The van der Waals surface area contributed by atoms with Crippen molar-refractivity contribution in [3.63, 3.8) is 0 Å². The molecular formula is C14H19F3N4S. The SMILES string of the molecule is CS.NC1CCN(c2cc(C(F)(F)F)cc3cncn23)CC1. The second-order valence-corrected chi connectivity index (χ2v) is 5.11. The number of hydrogen-bond donors (Lipinski definition) is 2. The Morgan fingerprint density at radius 2 is 1.86 bits per heavy atom. The number of anilines is 1. The molecule has 3 heterocycles. The molecule has 3 rings (SSSR count). The van der Waals surface area contributed by atoms with E-state index in [0.717, 1.165) is 18.9 Å². The van der Waals surface area contributed by atoms with Crippen LogP contribution in [0, 0.1) is 0 Å². The first-order valence-electron chi connectivity index (χ1n) is 6.94. The molecule has 2 aromatic heterocycles. The summed E-state index contributed by atoms with van der Waals surface area (Å²) in [5.74, 6) is 0.527. The fourth-order valence-corrected chi connectivity index (χ4v) is 2.55. The van der Waals surface area contributed by atoms with Crippen molar-refractivity contribution in [2.45, 2.75) is 25.1 Å². The summed E-state index contributed by atoms with van der Waals surface area (Å²) < 4.78 is 40.6. The monoisotopic (exact) mass is 332 g/mol. The van der Waals surface area contributed by atoms with Gasteiger partial charge in [-0.3, -0.25) is 4.40 Å². The van der Waals surface area contributed by atoms with Gasteiger partial charge in [0.25, 0.3) is 0 Å². The molecule has 0 spiro atoms. The summed E-state index contributed by atoms with van der Waals surface area (Å²) in [7, 11) is 0. The molecule has 0 amide bonds. The van der Waals surface area contributed by atoms with Crippen LogP contribution in [0.3, 0.4) is 0 Å². The summed E-state index contributed by atoms with van der Waals surface area (Å²) >= 11 is 3.53. The lowest BCUT2D eigenvalue weighted by Gasteiger charge is -2.32. The number of imidazole rings is 1. The Bertz CT molecular complexity index is 618. The maximum Gasteiger partial charge on any atom is 0.416 e. The third-order valence-electron chi connectivity index (χ3n) is 3.69. The average molecular weight is 332 g/mol. The van der Waals surface area contributed by atoms with E-state index < -0.39 is 11.7 Å². The maximum atomic E-state index is 13.0. The summed E-state index contributed by atoms with van der Waals surface area (Å²) in [6, 6.07) is 2.44. The van der Waals surface area contributed by atoms with Gasteiger partial charge in [-0.1, -0.05) is 0 Å². The highest BCUT2D eigenvalue weighted by Gasteiger charge is 2.32. The van der Waals surface area contributed by atoms with Crippen LogP contribution >= 0.6 is 12.6 Å². The maximum absolute atomic E-state index is 13.0. The number of nitrogens with two attached hydrogens (primary N) is 1. The van der Waals surface area contributed by atoms with Crippen LogP contribution in [0.2, 0.25) is 0 Å². The van der Waals surface area contributed by atoms with Crippen molar-refractivity contribution in [2.75, 3.05) is 24.2 Å². The van der Waals surface area contributed by atoms with Crippen molar-refractivity contribution in [1.29, 1.82) is 0 Å². The third kappa shape index (κ3) is 3.49. The lowest BCUT2D eigenvalue weighted by atomic mass is 10.1. The van der Waals surface area contributed by atoms with Gasteiger partial charge in [0.2, 0.25) is 0 Å². The lowest BCUT2D eigenvalue weighted by molar-refractivity contribution is -0.137. The summed E-state index contributed by atoms with van der Waals surface area (Å²) in [5.41, 5.74) is 5.65. The summed E-state index contributed by atoms with van der Waals surface area (Å²) in [4.78, 5) is 5.88. The molecule has 0 bridgehead atoms. The first kappa shape index (κ1) is 17.0. The molecule has 0 aromatic carbocycles. The number of fused-ring (bicyclic) bond motifs is 1. The second-order valence-electron chi connectivity index (χ2n) is 5.11. The first-order valence-corrected chi connectivity index (χ1v) is 7.83. The van der Waals surface area contributed by atoms with Gasteiger partial charge in [-0.15, -0.1) is 0 Å². The van der Waals surface area contributed by atoms with Crippen LogP contribution in [0.4, 0.5) is 19.0 Å². The van der Waals surface area contributed by atoms with Gasteiger partial charge in [-0.05, 0) is 31.2 Å². The van der Waals surface area contributed by atoms with Gasteiger partial charge in [-0.2, -0.15) is 25.8 Å². The molecule has 0 radical (unpaired) electrons. The van der Waals surface area contributed by atoms with Crippen LogP contribution in [-0.4, -0.2) is 34.8 Å². The Morgan fingerprint density at radius 3 is 2.45 bits per heavy atom. The Hall–Kier alpha value is -1.41. The molecular weight excluding hydrogens is 313 g/mol. The standard InChI is InChI=1S/C13H15F3N4.CH4S/c14-13(15,16)9-5-11-7-18-8-20(11)12(6-9)19-3-1-10(17)2-4-19;1-2/h5-8,10H,1-4,17H2;2H,1H3. The number of aromatic nitrogens is 2. The van der Waals surface area contributed by atoms with E-state index in [2.05, 4.69) is 17.6 Å². The van der Waals surface area contributed by atoms with Crippen molar-refractivity contribution in [3.8, 4) is 0 Å². The number of rotatable bonds is 1. The van der Waals surface area contributed by atoms with Crippen LogP contribution < -0.4 is 10.6 Å². The van der Waals surface area contributed by atoms with Crippen LogP contribution in [0.15, 0.2) is 24.7 Å². The number of halogens is 3. The Balaban J connectivity index is 0.000000847. The Labute approximate surface area is 132 Å². The van der Waals surface area contributed by atoms with Crippen molar-refractivity contribution >= 4 is 24.0 Å². The number of alkyl halides is 3. The molecule has 8 heteroatoms. The van der Waals surface area contributed by atoms with E-state index >= 15 is 0 Å². The number of piperidine rings is 1. The van der Waals surface area contributed by atoms with Crippen LogP contribution in [-0.2, 0) is 6.18 Å². The van der Waals surface area contributed by atoms with E-state index in [1.807, 2.05) is 4.90 Å². The minimum absolute atomic E-state index is 0.135. The van der Waals surface area contributed by atoms with Gasteiger partial charge in [0.15, 0.2) is 0 Å².